The zero-order chi connectivity index (χ0) is 24.2. The number of rotatable bonds is 7. The summed E-state index contributed by atoms with van der Waals surface area (Å²) in [6.45, 7) is 6.74. The molecule has 0 aliphatic carbocycles. The van der Waals surface area contributed by atoms with Crippen LogP contribution in [0.15, 0.2) is 66.0 Å². The summed E-state index contributed by atoms with van der Waals surface area (Å²) in [5.74, 6) is -0.976. The van der Waals surface area contributed by atoms with Crippen LogP contribution in [0.4, 0.5) is 5.69 Å². The molecule has 7 heteroatoms. The van der Waals surface area contributed by atoms with Crippen LogP contribution < -0.4 is 5.32 Å². The van der Waals surface area contributed by atoms with E-state index in [1.54, 1.807) is 48.6 Å². The molecule has 2 amide bonds. The maximum absolute atomic E-state index is 13.8. The minimum absolute atomic E-state index is 0.0504. The average Bonchev–Trinajstić information content (AvgIpc) is 3.35. The zero-order valence-corrected chi connectivity index (χ0v) is 20.3. The quantitative estimate of drug-likeness (QED) is 0.457. The van der Waals surface area contributed by atoms with Gasteiger partial charge in [-0.1, -0.05) is 38.1 Å². The number of carbonyl (C=O) groups excluding carboxylic acids is 3. The van der Waals surface area contributed by atoms with Crippen molar-refractivity contribution in [2.75, 3.05) is 18.5 Å². The Morgan fingerprint density at radius 1 is 1.06 bits per heavy atom. The van der Waals surface area contributed by atoms with Gasteiger partial charge in [0.2, 0.25) is 5.91 Å². The van der Waals surface area contributed by atoms with E-state index in [1.807, 2.05) is 40.6 Å². The molecular weight excluding hydrogens is 448 g/mol. The van der Waals surface area contributed by atoms with Crippen molar-refractivity contribution in [1.82, 2.24) is 4.90 Å². The molecule has 1 aromatic heterocycles. The molecule has 2 aromatic carbocycles. The number of carbonyl (C=O) groups is 3. The van der Waals surface area contributed by atoms with Gasteiger partial charge < -0.3 is 15.0 Å². The third-order valence-electron chi connectivity index (χ3n) is 5.78. The van der Waals surface area contributed by atoms with E-state index < -0.39 is 17.9 Å². The number of nitrogens with one attached hydrogen (secondary N) is 1. The Kier molecular flexibility index (Phi) is 7.12. The zero-order valence-electron chi connectivity index (χ0n) is 19.5. The third-order valence-corrected chi connectivity index (χ3v) is 6.72. The van der Waals surface area contributed by atoms with Crippen LogP contribution in [0, 0.1) is 5.92 Å². The van der Waals surface area contributed by atoms with Gasteiger partial charge >= 0.3 is 5.97 Å². The van der Waals surface area contributed by atoms with Crippen LogP contribution in [-0.4, -0.2) is 35.8 Å². The van der Waals surface area contributed by atoms with Crippen LogP contribution in [-0.2, 0) is 9.53 Å². The van der Waals surface area contributed by atoms with Gasteiger partial charge in [0.05, 0.1) is 24.1 Å². The first kappa shape index (κ1) is 23.7. The first-order valence-electron chi connectivity index (χ1n) is 11.4. The van der Waals surface area contributed by atoms with Gasteiger partial charge in [-0.3, -0.25) is 9.59 Å². The van der Waals surface area contributed by atoms with E-state index in [0.29, 0.717) is 30.0 Å². The van der Waals surface area contributed by atoms with Crippen molar-refractivity contribution in [3.05, 3.63) is 87.6 Å². The molecule has 6 nitrogen and oxygen atoms in total. The fourth-order valence-corrected chi connectivity index (χ4v) is 5.24. The molecule has 2 atom stereocenters. The summed E-state index contributed by atoms with van der Waals surface area (Å²) in [4.78, 5) is 42.0. The van der Waals surface area contributed by atoms with E-state index in [4.69, 9.17) is 4.74 Å². The summed E-state index contributed by atoms with van der Waals surface area (Å²) in [7, 11) is 0. The van der Waals surface area contributed by atoms with E-state index >= 15 is 0 Å². The van der Waals surface area contributed by atoms with Crippen molar-refractivity contribution in [2.24, 2.45) is 5.92 Å². The van der Waals surface area contributed by atoms with Gasteiger partial charge in [-0.15, -0.1) is 11.3 Å². The summed E-state index contributed by atoms with van der Waals surface area (Å²) in [5.41, 5.74) is 2.29. The Labute approximate surface area is 203 Å². The Bertz CT molecular complexity index is 1170. The highest BCUT2D eigenvalue weighted by atomic mass is 32.1. The molecule has 176 valence electrons. The summed E-state index contributed by atoms with van der Waals surface area (Å²) in [6.07, 6.45) is 0. The van der Waals surface area contributed by atoms with Crippen molar-refractivity contribution < 1.29 is 19.1 Å². The van der Waals surface area contributed by atoms with Crippen molar-refractivity contribution in [3.63, 3.8) is 0 Å². The second-order valence-electron chi connectivity index (χ2n) is 8.66. The molecule has 34 heavy (non-hydrogen) atoms. The molecule has 2 heterocycles. The molecule has 0 bridgehead atoms. The highest BCUT2D eigenvalue weighted by Gasteiger charge is 2.44. The van der Waals surface area contributed by atoms with Crippen LogP contribution in [0.5, 0.6) is 0 Å². The number of hydrogen-bond acceptors (Lipinski definition) is 5. The molecular formula is C27H28N2O4S. The second-order valence-corrected chi connectivity index (χ2v) is 9.64. The van der Waals surface area contributed by atoms with E-state index in [2.05, 4.69) is 19.2 Å². The van der Waals surface area contributed by atoms with E-state index in [-0.39, 0.29) is 17.7 Å². The Morgan fingerprint density at radius 3 is 2.44 bits per heavy atom. The fourth-order valence-electron chi connectivity index (χ4n) is 4.37. The van der Waals surface area contributed by atoms with Crippen molar-refractivity contribution in [3.8, 4) is 0 Å². The lowest BCUT2D eigenvalue weighted by Crippen LogP contribution is -2.47. The van der Waals surface area contributed by atoms with Crippen molar-refractivity contribution in [2.45, 2.75) is 32.7 Å². The van der Waals surface area contributed by atoms with Crippen LogP contribution in [0.1, 0.15) is 63.9 Å². The molecule has 0 radical (unpaired) electrons. The average molecular weight is 477 g/mol. The monoisotopic (exact) mass is 476 g/mol. The minimum Gasteiger partial charge on any atom is -0.462 e. The standard InChI is InChI=1S/C27H28N2O4S/c1-4-33-27(32)18-11-13-19(14-12-18)28-25(30)23-20-8-5-6-9-21(20)26(31)29(16-17(2)3)24(23)22-10-7-15-34-22/h5-15,17,23-24H,4,16H2,1-3H3,(H,28,30). The molecule has 0 saturated heterocycles. The first-order chi connectivity index (χ1) is 16.4. The van der Waals surface area contributed by atoms with Gasteiger partial charge in [-0.25, -0.2) is 4.79 Å². The van der Waals surface area contributed by atoms with Gasteiger partial charge in [0.1, 0.15) is 0 Å². The molecule has 3 aromatic rings. The van der Waals surface area contributed by atoms with E-state index in [0.717, 1.165) is 10.4 Å². The van der Waals surface area contributed by atoms with Gasteiger partial charge in [0.15, 0.2) is 0 Å². The third kappa shape index (κ3) is 4.75. The van der Waals surface area contributed by atoms with Crippen LogP contribution >= 0.6 is 11.3 Å². The lowest BCUT2D eigenvalue weighted by Gasteiger charge is -2.42. The number of fused-ring (bicyclic) bond motifs is 1. The second kappa shape index (κ2) is 10.2. The molecule has 0 spiro atoms. The number of benzene rings is 2. The SMILES string of the molecule is CCOC(=O)c1ccc(NC(=O)C2c3ccccc3C(=O)N(CC(C)C)C2c2cccs2)cc1. The summed E-state index contributed by atoms with van der Waals surface area (Å²) in [6, 6.07) is 17.5. The maximum Gasteiger partial charge on any atom is 0.338 e. The first-order valence-corrected chi connectivity index (χ1v) is 12.3. The molecule has 1 N–H and O–H groups in total. The highest BCUT2D eigenvalue weighted by Crippen LogP contribution is 2.45. The number of hydrogen-bond donors (Lipinski definition) is 1. The Morgan fingerprint density at radius 2 is 1.79 bits per heavy atom. The van der Waals surface area contributed by atoms with Gasteiger partial charge in [-0.2, -0.15) is 0 Å². The van der Waals surface area contributed by atoms with Gasteiger partial charge in [0.25, 0.3) is 5.91 Å². The maximum atomic E-state index is 13.8. The topological polar surface area (TPSA) is 75.7 Å². The lowest BCUT2D eigenvalue weighted by molar-refractivity contribution is -0.119. The minimum atomic E-state index is -0.573. The van der Waals surface area contributed by atoms with Crippen molar-refractivity contribution in [1.29, 1.82) is 0 Å². The number of esters is 1. The normalized spacial score (nSPS) is 17.4. The largest absolute Gasteiger partial charge is 0.462 e. The van der Waals surface area contributed by atoms with E-state index in [1.165, 1.54) is 0 Å². The molecule has 1 aliphatic heterocycles. The summed E-state index contributed by atoms with van der Waals surface area (Å²) < 4.78 is 5.03. The number of anilines is 1. The number of nitrogens with zero attached hydrogens (tertiary/aromatic N) is 1. The Balaban J connectivity index is 1.71. The van der Waals surface area contributed by atoms with Crippen LogP contribution in [0.2, 0.25) is 0 Å². The van der Waals surface area contributed by atoms with E-state index in [9.17, 15) is 14.4 Å². The Hall–Kier alpha value is -3.45. The predicted octanol–water partition coefficient (Wildman–Crippen LogP) is 5.50. The summed E-state index contributed by atoms with van der Waals surface area (Å²) >= 11 is 1.55. The fraction of sp³-hybridized carbons (Fsp3) is 0.296. The van der Waals surface area contributed by atoms with Gasteiger partial charge in [0, 0.05) is 22.7 Å². The molecule has 1 aliphatic rings. The smallest absolute Gasteiger partial charge is 0.338 e. The lowest BCUT2D eigenvalue weighted by atomic mass is 9.81. The molecule has 2 unspecified atom stereocenters. The molecule has 4 rings (SSSR count). The summed E-state index contributed by atoms with van der Waals surface area (Å²) in [5, 5.41) is 4.98. The number of ether oxygens (including phenoxy) is 1. The van der Waals surface area contributed by atoms with Crippen molar-refractivity contribution >= 4 is 34.8 Å². The highest BCUT2D eigenvalue weighted by molar-refractivity contribution is 7.10. The predicted molar refractivity (Wildman–Crippen MR) is 133 cm³/mol. The molecule has 0 saturated carbocycles. The number of thiophene rings is 1. The van der Waals surface area contributed by atoms with Crippen LogP contribution in [0.3, 0.4) is 0 Å². The number of amides is 2. The van der Waals surface area contributed by atoms with Gasteiger partial charge in [-0.05, 0) is 60.2 Å². The molecule has 0 fully saturated rings. The van der Waals surface area contributed by atoms with Crippen LogP contribution in [0.25, 0.3) is 0 Å².